The number of aliphatic hydroxyl groups is 2. The summed E-state index contributed by atoms with van der Waals surface area (Å²) in [6, 6.07) is -1.21. The molecule has 0 aromatic carbocycles. The van der Waals surface area contributed by atoms with Crippen LogP contribution < -0.4 is 0 Å². The van der Waals surface area contributed by atoms with Gasteiger partial charge >= 0.3 is 18.3 Å². The van der Waals surface area contributed by atoms with Gasteiger partial charge in [0.15, 0.2) is 11.6 Å². The second-order valence-electron chi connectivity index (χ2n) is 21.9. The van der Waals surface area contributed by atoms with E-state index in [1.807, 2.05) is 51.2 Å². The van der Waals surface area contributed by atoms with Crippen molar-refractivity contribution >= 4 is 41.5 Å². The molecule has 3 fully saturated rings. The molecule has 2 saturated heterocycles. The highest BCUT2D eigenvalue weighted by molar-refractivity contribution is 6.39. The third-order valence-corrected chi connectivity index (χ3v) is 15.9. The fourth-order valence-corrected chi connectivity index (χ4v) is 11.0. The molecule has 78 heavy (non-hydrogen) atoms. The maximum Gasteiger partial charge on any atom is 0.513 e. The van der Waals surface area contributed by atoms with Gasteiger partial charge in [0.05, 0.1) is 43.9 Å². The molecule has 19 nitrogen and oxygen atoms in total. The Bertz CT molecular complexity index is 2150. The maximum absolute atomic E-state index is 14.6. The summed E-state index contributed by atoms with van der Waals surface area (Å²) in [5.41, 5.74) is 1.13. The first-order chi connectivity index (χ1) is 37.1. The lowest BCUT2D eigenvalue weighted by Crippen LogP contribution is -2.61. The molecule has 19 heteroatoms. The quantitative estimate of drug-likeness (QED) is 0.0577. The van der Waals surface area contributed by atoms with Crippen molar-refractivity contribution < 1.29 is 86.4 Å². The molecule has 1 amide bonds. The van der Waals surface area contributed by atoms with Crippen molar-refractivity contribution in [2.24, 2.45) is 35.5 Å². The fourth-order valence-electron chi connectivity index (χ4n) is 11.0. The van der Waals surface area contributed by atoms with E-state index in [0.29, 0.717) is 70.6 Å². The number of hydrogen-bond acceptors (Lipinski definition) is 18. The van der Waals surface area contributed by atoms with E-state index in [1.54, 1.807) is 40.9 Å². The maximum atomic E-state index is 14.6. The van der Waals surface area contributed by atoms with Gasteiger partial charge in [-0.2, -0.15) is 0 Å². The molecule has 0 spiro atoms. The second kappa shape index (κ2) is 32.3. The van der Waals surface area contributed by atoms with Crippen LogP contribution in [0, 0.1) is 35.5 Å². The van der Waals surface area contributed by atoms with Gasteiger partial charge < -0.3 is 57.7 Å². The smallest absolute Gasteiger partial charge is 0.460 e. The Morgan fingerprint density at radius 1 is 0.859 bits per heavy atom. The van der Waals surface area contributed by atoms with Gasteiger partial charge in [-0.15, -0.1) is 0 Å². The van der Waals surface area contributed by atoms with E-state index in [2.05, 4.69) is 11.3 Å². The van der Waals surface area contributed by atoms with Crippen molar-refractivity contribution in [3.63, 3.8) is 0 Å². The number of nitrogens with zero attached hydrogens (tertiary/aromatic N) is 1. The molecule has 0 aromatic heterocycles. The van der Waals surface area contributed by atoms with Crippen molar-refractivity contribution in [2.45, 2.75) is 193 Å². The van der Waals surface area contributed by atoms with Gasteiger partial charge in [0.2, 0.25) is 5.79 Å². The van der Waals surface area contributed by atoms with E-state index in [0.717, 1.165) is 16.7 Å². The fraction of sp³-hybridized carbons (Fsp3) is 0.712. The highest BCUT2D eigenvalue weighted by atomic mass is 16.7. The average molecular weight is 1100 g/mol. The number of aliphatic hydroxyl groups excluding tert-OH is 1. The number of methoxy groups -OCH3 is 3. The predicted molar refractivity (Wildman–Crippen MR) is 287 cm³/mol. The molecule has 1 saturated carbocycles. The van der Waals surface area contributed by atoms with Gasteiger partial charge in [-0.3, -0.25) is 19.2 Å². The van der Waals surface area contributed by atoms with Gasteiger partial charge in [-0.05, 0) is 120 Å². The monoisotopic (exact) mass is 1100 g/mol. The number of allylic oxidation sites excluding steroid dienone is 6. The normalized spacial score (nSPS) is 33.2. The Kier molecular flexibility index (Phi) is 27.1. The number of unbranched alkanes of at least 4 members (excludes halogenated alkanes) is 1. The average Bonchev–Trinajstić information content (AvgIpc) is 3.41. The number of piperidine rings is 1. The van der Waals surface area contributed by atoms with E-state index >= 15 is 0 Å². The number of ketones is 3. The minimum absolute atomic E-state index is 0.00719. The van der Waals surface area contributed by atoms with Crippen molar-refractivity contribution in [3.05, 3.63) is 60.4 Å². The third kappa shape index (κ3) is 19.1. The number of hydrogen-bond donors (Lipinski definition) is 2. The molecule has 4 rings (SSSR count). The molecular formula is C59H89NO18. The van der Waals surface area contributed by atoms with Crippen LogP contribution in [0.4, 0.5) is 9.59 Å². The van der Waals surface area contributed by atoms with E-state index in [-0.39, 0.29) is 68.0 Å². The lowest BCUT2D eigenvalue weighted by Gasteiger charge is -2.42. The summed E-state index contributed by atoms with van der Waals surface area (Å²) in [4.78, 5) is 96.6. The minimum Gasteiger partial charge on any atom is -0.460 e. The zero-order valence-corrected chi connectivity index (χ0v) is 47.7. The summed E-state index contributed by atoms with van der Waals surface area (Å²) in [7, 11) is 4.45. The van der Waals surface area contributed by atoms with Crippen LogP contribution in [0.2, 0.25) is 0 Å². The van der Waals surface area contributed by atoms with Crippen LogP contribution in [0.25, 0.3) is 0 Å². The predicted octanol–water partition coefficient (Wildman–Crippen LogP) is 8.42. The minimum atomic E-state index is -2.47. The summed E-state index contributed by atoms with van der Waals surface area (Å²) in [5.74, 6) is -8.58. The Morgan fingerprint density at radius 3 is 2.23 bits per heavy atom. The summed E-state index contributed by atoms with van der Waals surface area (Å²) < 4.78 is 50.0. The molecule has 15 atom stereocenters. The molecule has 3 heterocycles. The molecule has 2 bridgehead atoms. The van der Waals surface area contributed by atoms with Crippen LogP contribution >= 0.6 is 0 Å². The summed E-state index contributed by atoms with van der Waals surface area (Å²) in [6.45, 7) is 15.9. The second-order valence-corrected chi connectivity index (χ2v) is 21.9. The van der Waals surface area contributed by atoms with Crippen LogP contribution in [0.5, 0.6) is 0 Å². The molecule has 0 radical (unpaired) electrons. The van der Waals surface area contributed by atoms with Gasteiger partial charge in [-0.25, -0.2) is 14.4 Å². The van der Waals surface area contributed by atoms with Gasteiger partial charge in [0.1, 0.15) is 24.4 Å². The first-order valence-electron chi connectivity index (χ1n) is 27.9. The molecule has 1 aliphatic carbocycles. The first kappa shape index (κ1) is 65.5. The van der Waals surface area contributed by atoms with E-state index < -0.39 is 108 Å². The Morgan fingerprint density at radius 2 is 1.56 bits per heavy atom. The molecule has 0 aromatic rings. The number of carbonyl (C=O) groups excluding carboxylic acids is 7. The molecule has 3 aliphatic heterocycles. The molecular weight excluding hydrogens is 1010 g/mol. The Labute approximate surface area is 461 Å². The molecule has 4 aliphatic rings. The number of carbonyl (C=O) groups is 7. The largest absolute Gasteiger partial charge is 0.513 e. The van der Waals surface area contributed by atoms with Crippen LogP contribution in [-0.2, 0) is 66.6 Å². The summed E-state index contributed by atoms with van der Waals surface area (Å²) in [6.07, 6.45) is 9.95. The van der Waals surface area contributed by atoms with Crippen molar-refractivity contribution in [3.8, 4) is 0 Å². The zero-order chi connectivity index (χ0) is 57.7. The van der Waals surface area contributed by atoms with Crippen molar-refractivity contribution in [1.82, 2.24) is 4.90 Å². The Balaban J connectivity index is 1.61. The van der Waals surface area contributed by atoms with Crippen LogP contribution in [0.3, 0.4) is 0 Å². The van der Waals surface area contributed by atoms with E-state index in [9.17, 15) is 43.8 Å². The molecule has 2 N–H and O–H groups in total. The topological polar surface area (TPSA) is 246 Å². The number of rotatable bonds is 13. The molecule has 438 valence electrons. The summed E-state index contributed by atoms with van der Waals surface area (Å²) >= 11 is 0. The number of fused-ring (bicyclic) bond motifs is 3. The van der Waals surface area contributed by atoms with E-state index in [4.69, 9.17) is 37.9 Å². The number of ether oxygens (including phenoxy) is 9. The lowest BCUT2D eigenvalue weighted by molar-refractivity contribution is -0.265. The van der Waals surface area contributed by atoms with Crippen LogP contribution in [0.15, 0.2) is 60.4 Å². The van der Waals surface area contributed by atoms with Gasteiger partial charge in [0, 0.05) is 58.5 Å². The highest BCUT2D eigenvalue weighted by Crippen LogP contribution is 2.38. The van der Waals surface area contributed by atoms with Crippen LogP contribution in [-0.4, -0.2) is 152 Å². The number of amides is 1. The lowest BCUT2D eigenvalue weighted by atomic mass is 9.78. The van der Waals surface area contributed by atoms with E-state index in [1.165, 1.54) is 14.2 Å². The summed E-state index contributed by atoms with van der Waals surface area (Å²) in [5, 5.41) is 23.6. The number of Topliss-reactive ketones (excluding diaryl/α,β-unsaturated/α-hetero) is 3. The number of cyclic esters (lactones) is 1. The SMILES string of the molecule is C=COC(=O)OCCCCOC(=O)O[C@@H]1CC[C@@H](C[C@@H](C)[C@@H]2CC(=O)C(C)=CC(C)[C@@H](O)[C@@H](OC)C(=O)[C@H](C)C[C@H](C)C=CC=CC=C(C)[C@@H](OC)C[C@@H]3CC[C@@H](C)[C@@](O)(O3)C(=O)C(=O)N3CCCC[C@H]3C(=O)O2)C[C@H]1OC. The first-order valence-corrected chi connectivity index (χ1v) is 27.9. The van der Waals surface area contributed by atoms with Crippen molar-refractivity contribution in [1.29, 1.82) is 0 Å². The molecule has 1 unspecified atom stereocenters. The zero-order valence-electron chi connectivity index (χ0n) is 47.7. The van der Waals surface area contributed by atoms with Crippen LogP contribution in [0.1, 0.15) is 138 Å². The number of esters is 1. The van der Waals surface area contributed by atoms with Gasteiger partial charge in [-0.1, -0.05) is 77.7 Å². The standard InChI is InChI=1S/C59H89NO18/c1-12-73-57(67)74-28-18-19-29-75-58(68)77-47-26-24-43(33-50(47)71-10)32-39(5)49-35-46(61)38(4)31-41(7)52(63)53(72-11)51(62)40(6)30-36(2)20-14-13-15-21-37(3)48(70-9)34-44-25-23-42(8)59(69,78-44)54(64)55(65)60-27-17-16-22-45(60)56(66)76-49/h12-15,20-21,31,36,39-45,47-50,52-53,63,69H,1,16-19,22-30,32-35H2,2-11H3/t36-,39-,40-,41?,42-,43+,44+,45+,47-,48+,49+,50-,52-,53+,59-/m1/s1. The Hall–Kier alpha value is -5.05. The third-order valence-electron chi connectivity index (χ3n) is 15.9. The highest BCUT2D eigenvalue weighted by Gasteiger charge is 2.53. The van der Waals surface area contributed by atoms with Crippen molar-refractivity contribution in [2.75, 3.05) is 41.1 Å². The van der Waals surface area contributed by atoms with Gasteiger partial charge in [0.25, 0.3) is 11.7 Å².